The summed E-state index contributed by atoms with van der Waals surface area (Å²) in [7, 11) is 0. The Balaban J connectivity index is 0.000000240. The Kier molecular flexibility index (Phi) is 8.57. The Morgan fingerprint density at radius 1 is 0.952 bits per heavy atom. The zero-order valence-corrected chi connectivity index (χ0v) is 12.5. The normalized spacial score (nSPS) is 9.57. The van der Waals surface area contributed by atoms with Crippen LogP contribution in [0.1, 0.15) is 24.5 Å². The van der Waals surface area contributed by atoms with E-state index in [-0.39, 0.29) is 6.42 Å². The molecule has 21 heavy (non-hydrogen) atoms. The fourth-order valence-corrected chi connectivity index (χ4v) is 1.80. The lowest BCUT2D eigenvalue weighted by Crippen LogP contribution is -2.16. The number of carboxylic acids is 1. The predicted octanol–water partition coefficient (Wildman–Crippen LogP) is 3.35. The van der Waals surface area contributed by atoms with Gasteiger partial charge in [-0.15, -0.1) is 0 Å². The summed E-state index contributed by atoms with van der Waals surface area (Å²) < 4.78 is 0. The Hall–Kier alpha value is -2.13. The number of aliphatic carboxylic acids is 1. The van der Waals surface area contributed by atoms with Crippen LogP contribution in [0.2, 0.25) is 0 Å². The van der Waals surface area contributed by atoms with Gasteiger partial charge in [0.05, 0.1) is 6.42 Å². The van der Waals surface area contributed by atoms with Crippen LogP contribution < -0.4 is 5.32 Å². The first-order chi connectivity index (χ1) is 10.2. The number of carbonyl (C=O) groups is 1. The number of rotatable bonds is 6. The van der Waals surface area contributed by atoms with Gasteiger partial charge >= 0.3 is 5.97 Å². The van der Waals surface area contributed by atoms with Crippen LogP contribution in [0.4, 0.5) is 0 Å². The number of carboxylic acid groups (broad SMARTS) is 1. The highest BCUT2D eigenvalue weighted by molar-refractivity contribution is 5.66. The lowest BCUT2D eigenvalue weighted by atomic mass is 10.1. The number of hydrogen-bond donors (Lipinski definition) is 2. The fourth-order valence-electron chi connectivity index (χ4n) is 1.80. The lowest BCUT2D eigenvalue weighted by Gasteiger charge is -2.00. The summed E-state index contributed by atoms with van der Waals surface area (Å²) in [6, 6.07) is 21.1. The van der Waals surface area contributed by atoms with Crippen molar-refractivity contribution in [2.45, 2.75) is 19.8 Å². The summed E-state index contributed by atoms with van der Waals surface area (Å²) in [6.07, 6.45) is 1.25. The molecule has 0 heterocycles. The van der Waals surface area contributed by atoms with Crippen molar-refractivity contribution in [1.82, 2.24) is 5.32 Å². The average molecular weight is 285 g/mol. The molecule has 0 atom stereocenters. The molecule has 2 aromatic carbocycles. The second kappa shape index (κ2) is 10.6. The average Bonchev–Trinajstić information content (AvgIpc) is 2.50. The highest BCUT2D eigenvalue weighted by atomic mass is 16.4. The van der Waals surface area contributed by atoms with E-state index in [0.29, 0.717) is 6.54 Å². The molecule has 0 amide bonds. The minimum absolute atomic E-state index is 0.216. The quantitative estimate of drug-likeness (QED) is 0.800. The first-order valence-electron chi connectivity index (χ1n) is 7.22. The summed E-state index contributed by atoms with van der Waals surface area (Å²) in [5, 5.41) is 11.0. The second-order valence-electron chi connectivity index (χ2n) is 4.65. The summed E-state index contributed by atoms with van der Waals surface area (Å²) in [4.78, 5) is 9.83. The van der Waals surface area contributed by atoms with E-state index in [1.807, 2.05) is 6.92 Å². The maximum Gasteiger partial charge on any atom is 0.304 e. The van der Waals surface area contributed by atoms with Gasteiger partial charge in [-0.1, -0.05) is 67.6 Å². The number of hydrogen-bond acceptors (Lipinski definition) is 2. The third-order valence-electron chi connectivity index (χ3n) is 2.86. The fraction of sp³-hybridized carbons (Fsp3) is 0.278. The molecule has 0 aliphatic rings. The van der Waals surface area contributed by atoms with Crippen molar-refractivity contribution < 1.29 is 9.90 Å². The lowest BCUT2D eigenvalue weighted by molar-refractivity contribution is -0.136. The molecule has 0 spiro atoms. The van der Waals surface area contributed by atoms with E-state index >= 15 is 0 Å². The van der Waals surface area contributed by atoms with Gasteiger partial charge in [-0.3, -0.25) is 4.79 Å². The number of nitrogens with one attached hydrogen (secondary N) is 1. The van der Waals surface area contributed by atoms with Crippen LogP contribution in [0.3, 0.4) is 0 Å². The molecule has 0 aliphatic carbocycles. The monoisotopic (exact) mass is 285 g/mol. The summed E-state index contributed by atoms with van der Waals surface area (Å²) in [5.74, 6) is -0.744. The molecule has 3 nitrogen and oxygen atoms in total. The van der Waals surface area contributed by atoms with E-state index in [4.69, 9.17) is 5.11 Å². The zero-order valence-electron chi connectivity index (χ0n) is 12.5. The third kappa shape index (κ3) is 8.60. The van der Waals surface area contributed by atoms with Gasteiger partial charge < -0.3 is 10.4 Å². The highest BCUT2D eigenvalue weighted by Crippen LogP contribution is 2.07. The summed E-state index contributed by atoms with van der Waals surface area (Å²) >= 11 is 0. The maximum absolute atomic E-state index is 9.83. The standard InChI is InChI=1S/C13H12.C5H11NO2/c1-3-7-12(8-4-1)11-13-9-5-2-6-10-13;1-2-6-4-3-5(7)8/h1-10H,11H2;6H,2-4H2,1H3,(H,7,8). The third-order valence-corrected chi connectivity index (χ3v) is 2.86. The van der Waals surface area contributed by atoms with Gasteiger partial charge in [0.15, 0.2) is 0 Å². The number of benzene rings is 2. The highest BCUT2D eigenvalue weighted by Gasteiger charge is 1.93. The molecule has 0 saturated heterocycles. The molecule has 112 valence electrons. The first-order valence-corrected chi connectivity index (χ1v) is 7.22. The maximum atomic E-state index is 9.83. The molecule has 3 heteroatoms. The van der Waals surface area contributed by atoms with Gasteiger partial charge in [0.2, 0.25) is 0 Å². The molecule has 0 fully saturated rings. The van der Waals surface area contributed by atoms with E-state index in [2.05, 4.69) is 66.0 Å². The van der Waals surface area contributed by atoms with Gasteiger partial charge in [0.1, 0.15) is 0 Å². The molecule has 0 aliphatic heterocycles. The summed E-state index contributed by atoms with van der Waals surface area (Å²) in [6.45, 7) is 3.36. The van der Waals surface area contributed by atoms with Crippen molar-refractivity contribution in [1.29, 1.82) is 0 Å². The van der Waals surface area contributed by atoms with E-state index in [9.17, 15) is 4.79 Å². The largest absolute Gasteiger partial charge is 0.481 e. The van der Waals surface area contributed by atoms with Crippen LogP contribution in [0.15, 0.2) is 60.7 Å². The van der Waals surface area contributed by atoms with Gasteiger partial charge in [0.25, 0.3) is 0 Å². The van der Waals surface area contributed by atoms with Crippen LogP contribution in [0, 0.1) is 0 Å². The Labute approximate surface area is 126 Å². The van der Waals surface area contributed by atoms with E-state index in [1.165, 1.54) is 11.1 Å². The Bertz CT molecular complexity index is 460. The van der Waals surface area contributed by atoms with Crippen LogP contribution in [-0.2, 0) is 11.2 Å². The second-order valence-corrected chi connectivity index (χ2v) is 4.65. The molecule has 0 unspecified atom stereocenters. The van der Waals surface area contributed by atoms with Crippen molar-refractivity contribution in [3.05, 3.63) is 71.8 Å². The molecule has 2 aromatic rings. The first kappa shape index (κ1) is 16.9. The van der Waals surface area contributed by atoms with Crippen molar-refractivity contribution >= 4 is 5.97 Å². The predicted molar refractivity (Wildman–Crippen MR) is 86.5 cm³/mol. The van der Waals surface area contributed by atoms with E-state index in [0.717, 1.165) is 13.0 Å². The van der Waals surface area contributed by atoms with E-state index in [1.54, 1.807) is 0 Å². The molecular formula is C18H23NO2. The molecule has 0 saturated carbocycles. The van der Waals surface area contributed by atoms with Crippen LogP contribution in [0.5, 0.6) is 0 Å². The zero-order chi connectivity index (χ0) is 15.3. The molecule has 0 aromatic heterocycles. The van der Waals surface area contributed by atoms with Crippen molar-refractivity contribution in [2.24, 2.45) is 0 Å². The van der Waals surface area contributed by atoms with Crippen LogP contribution >= 0.6 is 0 Å². The molecule has 0 bridgehead atoms. The smallest absolute Gasteiger partial charge is 0.304 e. The van der Waals surface area contributed by atoms with Crippen molar-refractivity contribution in [3.8, 4) is 0 Å². The van der Waals surface area contributed by atoms with Crippen LogP contribution in [0.25, 0.3) is 0 Å². The van der Waals surface area contributed by atoms with E-state index < -0.39 is 5.97 Å². The minimum Gasteiger partial charge on any atom is -0.481 e. The van der Waals surface area contributed by atoms with Crippen molar-refractivity contribution in [2.75, 3.05) is 13.1 Å². The Morgan fingerprint density at radius 2 is 1.43 bits per heavy atom. The van der Waals surface area contributed by atoms with Crippen LogP contribution in [-0.4, -0.2) is 24.2 Å². The van der Waals surface area contributed by atoms with Crippen molar-refractivity contribution in [3.63, 3.8) is 0 Å². The molecular weight excluding hydrogens is 262 g/mol. The van der Waals surface area contributed by atoms with Gasteiger partial charge in [-0.25, -0.2) is 0 Å². The SMILES string of the molecule is CCNCCC(=O)O.c1ccc(Cc2ccccc2)cc1. The molecule has 2 N–H and O–H groups in total. The molecule has 2 rings (SSSR count). The summed E-state index contributed by atoms with van der Waals surface area (Å²) in [5.41, 5.74) is 2.74. The topological polar surface area (TPSA) is 49.3 Å². The van der Waals surface area contributed by atoms with Gasteiger partial charge in [-0.05, 0) is 24.1 Å². The van der Waals surface area contributed by atoms with Gasteiger partial charge in [-0.2, -0.15) is 0 Å². The molecule has 0 radical (unpaired) electrons. The Morgan fingerprint density at radius 3 is 1.81 bits per heavy atom. The minimum atomic E-state index is -0.744. The van der Waals surface area contributed by atoms with Gasteiger partial charge in [0, 0.05) is 6.54 Å².